The van der Waals surface area contributed by atoms with Crippen LogP contribution in [-0.4, -0.2) is 18.2 Å². The third kappa shape index (κ3) is 3.64. The smallest absolute Gasteiger partial charge is 0.425 e. The number of hydrogen-bond acceptors (Lipinski definition) is 2. The number of rotatable bonds is 2. The lowest BCUT2D eigenvalue weighted by Crippen LogP contribution is -2.30. The first kappa shape index (κ1) is 10.0. The number of halogens is 3. The fourth-order valence-electron chi connectivity index (χ4n) is 0.289. The van der Waals surface area contributed by atoms with E-state index in [1.165, 1.54) is 0 Å². The Bertz CT molecular complexity index is 162. The number of esters is 1. The van der Waals surface area contributed by atoms with Crippen LogP contribution in [0.4, 0.5) is 13.2 Å². The minimum absolute atomic E-state index is 0.683. The highest BCUT2D eigenvalue weighted by atomic mass is 19.4. The molecule has 11 heavy (non-hydrogen) atoms. The average molecular weight is 168 g/mol. The van der Waals surface area contributed by atoms with Crippen LogP contribution in [0.2, 0.25) is 0 Å². The Hall–Kier alpha value is -1.00. The number of hydrogen-bond donors (Lipinski definition) is 0. The van der Waals surface area contributed by atoms with E-state index < -0.39 is 18.2 Å². The lowest BCUT2D eigenvalue weighted by atomic mass is 10.4. The van der Waals surface area contributed by atoms with Crippen LogP contribution in [0.3, 0.4) is 0 Å². The normalized spacial score (nSPS) is 13.8. The molecular formula is C6H7F3O2. The van der Waals surface area contributed by atoms with Crippen LogP contribution in [0.25, 0.3) is 0 Å². The molecule has 0 aliphatic heterocycles. The molecule has 0 bridgehead atoms. The van der Waals surface area contributed by atoms with E-state index >= 15 is 0 Å². The van der Waals surface area contributed by atoms with Gasteiger partial charge in [-0.1, -0.05) is 6.58 Å². The molecule has 1 unspecified atom stereocenters. The van der Waals surface area contributed by atoms with Crippen molar-refractivity contribution in [2.24, 2.45) is 0 Å². The molecule has 0 aliphatic carbocycles. The van der Waals surface area contributed by atoms with Gasteiger partial charge in [0.05, 0.1) is 0 Å². The molecule has 0 amide bonds. The molecule has 0 fully saturated rings. The van der Waals surface area contributed by atoms with Crippen molar-refractivity contribution in [2.45, 2.75) is 19.2 Å². The minimum Gasteiger partial charge on any atom is -0.450 e. The summed E-state index contributed by atoms with van der Waals surface area (Å²) in [7, 11) is 0. The zero-order chi connectivity index (χ0) is 9.07. The van der Waals surface area contributed by atoms with Gasteiger partial charge in [0.15, 0.2) is 6.10 Å². The van der Waals surface area contributed by atoms with Crippen molar-refractivity contribution in [1.82, 2.24) is 0 Å². The maximum Gasteiger partial charge on any atom is 0.425 e. The maximum absolute atomic E-state index is 11.6. The van der Waals surface area contributed by atoms with Gasteiger partial charge in [-0.15, -0.1) is 0 Å². The quantitative estimate of drug-likeness (QED) is 0.463. The Kier molecular flexibility index (Phi) is 3.10. The van der Waals surface area contributed by atoms with Crippen molar-refractivity contribution >= 4 is 5.97 Å². The summed E-state index contributed by atoms with van der Waals surface area (Å²) in [6.07, 6.45) is -5.89. The first-order valence-corrected chi connectivity index (χ1v) is 2.77. The monoisotopic (exact) mass is 168 g/mol. The molecule has 5 heteroatoms. The van der Waals surface area contributed by atoms with Crippen molar-refractivity contribution in [1.29, 1.82) is 0 Å². The molecule has 1 atom stereocenters. The molecule has 0 saturated heterocycles. The Labute approximate surface area is 61.6 Å². The highest BCUT2D eigenvalue weighted by molar-refractivity contribution is 5.81. The number of carbonyl (C=O) groups is 1. The average Bonchev–Trinajstić information content (AvgIpc) is 1.85. The van der Waals surface area contributed by atoms with Crippen LogP contribution in [0.15, 0.2) is 12.7 Å². The van der Waals surface area contributed by atoms with Crippen LogP contribution in [0.5, 0.6) is 0 Å². The van der Waals surface area contributed by atoms with E-state index in [0.29, 0.717) is 6.08 Å². The van der Waals surface area contributed by atoms with Crippen molar-refractivity contribution in [3.8, 4) is 0 Å². The molecule has 0 spiro atoms. The number of carbonyl (C=O) groups excluding carboxylic acids is 1. The highest BCUT2D eigenvalue weighted by Crippen LogP contribution is 2.22. The van der Waals surface area contributed by atoms with Crippen LogP contribution in [0, 0.1) is 0 Å². The third-order valence-electron chi connectivity index (χ3n) is 0.921. The van der Waals surface area contributed by atoms with Gasteiger partial charge in [-0.05, 0) is 6.92 Å². The summed E-state index contributed by atoms with van der Waals surface area (Å²) in [5, 5.41) is 0. The summed E-state index contributed by atoms with van der Waals surface area (Å²) < 4.78 is 38.8. The largest absolute Gasteiger partial charge is 0.450 e. The van der Waals surface area contributed by atoms with Gasteiger partial charge in [0.25, 0.3) is 0 Å². The third-order valence-corrected chi connectivity index (χ3v) is 0.921. The van der Waals surface area contributed by atoms with Gasteiger partial charge >= 0.3 is 12.1 Å². The fourth-order valence-corrected chi connectivity index (χ4v) is 0.289. The molecule has 0 radical (unpaired) electrons. The molecule has 0 aromatic rings. The second-order valence-electron chi connectivity index (χ2n) is 1.82. The van der Waals surface area contributed by atoms with Gasteiger partial charge in [0.2, 0.25) is 0 Å². The van der Waals surface area contributed by atoms with Crippen molar-refractivity contribution in [3.63, 3.8) is 0 Å². The second-order valence-corrected chi connectivity index (χ2v) is 1.82. The van der Waals surface area contributed by atoms with Crippen LogP contribution >= 0.6 is 0 Å². The van der Waals surface area contributed by atoms with Gasteiger partial charge in [0.1, 0.15) is 0 Å². The zero-order valence-corrected chi connectivity index (χ0v) is 5.81. The fraction of sp³-hybridized carbons (Fsp3) is 0.500. The molecule has 0 rings (SSSR count). The lowest BCUT2D eigenvalue weighted by molar-refractivity contribution is -0.213. The molecule has 0 aliphatic rings. The first-order valence-electron chi connectivity index (χ1n) is 2.77. The molecule has 0 N–H and O–H groups in total. The van der Waals surface area contributed by atoms with Crippen LogP contribution in [-0.2, 0) is 9.53 Å². The minimum atomic E-state index is -4.50. The molecular weight excluding hydrogens is 161 g/mol. The van der Waals surface area contributed by atoms with Gasteiger partial charge in [-0.25, -0.2) is 4.79 Å². The van der Waals surface area contributed by atoms with Gasteiger partial charge in [-0.3, -0.25) is 0 Å². The molecule has 2 nitrogen and oxygen atoms in total. The van der Waals surface area contributed by atoms with Gasteiger partial charge in [-0.2, -0.15) is 13.2 Å². The highest BCUT2D eigenvalue weighted by Gasteiger charge is 2.38. The van der Waals surface area contributed by atoms with E-state index in [-0.39, 0.29) is 0 Å². The van der Waals surface area contributed by atoms with Crippen molar-refractivity contribution < 1.29 is 22.7 Å². The van der Waals surface area contributed by atoms with E-state index in [9.17, 15) is 18.0 Å². The van der Waals surface area contributed by atoms with E-state index in [1.807, 2.05) is 0 Å². The summed E-state index contributed by atoms with van der Waals surface area (Å²) in [4.78, 5) is 10.2. The number of ether oxygens (including phenoxy) is 1. The standard InChI is InChI=1S/C6H7F3O2/c1-3-5(10)11-4(2)6(7,8)9/h3-4H,1H2,2H3. The summed E-state index contributed by atoms with van der Waals surface area (Å²) in [6, 6.07) is 0. The van der Waals surface area contributed by atoms with Gasteiger partial charge < -0.3 is 4.74 Å². The summed E-state index contributed by atoms with van der Waals surface area (Å²) in [5.74, 6) is -1.07. The second kappa shape index (κ2) is 3.41. The molecule has 0 heterocycles. The Balaban J connectivity index is 3.97. The lowest BCUT2D eigenvalue weighted by Gasteiger charge is -2.14. The Morgan fingerprint density at radius 3 is 2.36 bits per heavy atom. The summed E-state index contributed by atoms with van der Waals surface area (Å²) in [6.45, 7) is 3.71. The summed E-state index contributed by atoms with van der Waals surface area (Å²) >= 11 is 0. The van der Waals surface area contributed by atoms with Crippen molar-refractivity contribution in [2.75, 3.05) is 0 Å². The number of alkyl halides is 3. The van der Waals surface area contributed by atoms with Crippen LogP contribution in [0.1, 0.15) is 6.92 Å². The molecule has 0 saturated carbocycles. The van der Waals surface area contributed by atoms with Crippen LogP contribution < -0.4 is 0 Å². The summed E-state index contributed by atoms with van der Waals surface area (Å²) in [5.41, 5.74) is 0. The zero-order valence-electron chi connectivity index (χ0n) is 5.81. The topological polar surface area (TPSA) is 26.3 Å². The predicted molar refractivity (Wildman–Crippen MR) is 31.8 cm³/mol. The molecule has 0 aromatic heterocycles. The van der Waals surface area contributed by atoms with E-state index in [2.05, 4.69) is 11.3 Å². The Morgan fingerprint density at radius 2 is 2.09 bits per heavy atom. The van der Waals surface area contributed by atoms with Gasteiger partial charge in [0, 0.05) is 6.08 Å². The van der Waals surface area contributed by atoms with E-state index in [0.717, 1.165) is 6.92 Å². The SMILES string of the molecule is C=CC(=O)OC(C)C(F)(F)F. The molecule has 0 aromatic carbocycles. The molecule has 64 valence electrons. The van der Waals surface area contributed by atoms with E-state index in [4.69, 9.17) is 0 Å². The van der Waals surface area contributed by atoms with E-state index in [1.54, 1.807) is 0 Å². The maximum atomic E-state index is 11.6. The van der Waals surface area contributed by atoms with Crippen molar-refractivity contribution in [3.05, 3.63) is 12.7 Å². The first-order chi connectivity index (χ1) is 4.88. The Morgan fingerprint density at radius 1 is 1.64 bits per heavy atom. The predicted octanol–water partition coefficient (Wildman–Crippen LogP) is 1.67.